The first-order valence-corrected chi connectivity index (χ1v) is 9.25. The van der Waals surface area contributed by atoms with E-state index in [9.17, 15) is 4.79 Å². The van der Waals surface area contributed by atoms with Crippen LogP contribution in [0.1, 0.15) is 58.6 Å². The minimum absolute atomic E-state index is 0.226. The van der Waals surface area contributed by atoms with Crippen molar-refractivity contribution in [3.05, 3.63) is 24.2 Å². The van der Waals surface area contributed by atoms with E-state index in [1.165, 1.54) is 0 Å². The molecule has 0 aliphatic heterocycles. The van der Waals surface area contributed by atoms with Gasteiger partial charge in [0.1, 0.15) is 18.0 Å². The Bertz CT molecular complexity index is 488. The highest BCUT2D eigenvalue weighted by Gasteiger charge is 2.24. The van der Waals surface area contributed by atoms with Gasteiger partial charge >= 0.3 is 6.09 Å². The fourth-order valence-corrected chi connectivity index (χ4v) is 2.96. The molecule has 1 saturated carbocycles. The first-order valence-electron chi connectivity index (χ1n) is 9.25. The summed E-state index contributed by atoms with van der Waals surface area (Å²) in [5, 5.41) is 6.56. The Morgan fingerprint density at radius 3 is 2.60 bits per heavy atom. The fourth-order valence-electron chi connectivity index (χ4n) is 2.96. The quantitative estimate of drug-likeness (QED) is 0.699. The molecule has 25 heavy (non-hydrogen) atoms. The van der Waals surface area contributed by atoms with Crippen LogP contribution in [0, 0.1) is 0 Å². The van der Waals surface area contributed by atoms with Crippen molar-refractivity contribution in [2.24, 2.45) is 0 Å². The fraction of sp³-hybridized carbons (Fsp3) is 0.737. The monoisotopic (exact) mass is 352 g/mol. The lowest BCUT2D eigenvalue weighted by Crippen LogP contribution is -2.44. The third kappa shape index (κ3) is 8.40. The summed E-state index contributed by atoms with van der Waals surface area (Å²) >= 11 is 0. The maximum Gasteiger partial charge on any atom is 0.407 e. The van der Waals surface area contributed by atoms with Gasteiger partial charge in [0.2, 0.25) is 0 Å². The van der Waals surface area contributed by atoms with Crippen LogP contribution < -0.4 is 10.6 Å². The van der Waals surface area contributed by atoms with E-state index >= 15 is 0 Å². The smallest absolute Gasteiger partial charge is 0.407 e. The van der Waals surface area contributed by atoms with Gasteiger partial charge in [0.25, 0.3) is 0 Å². The van der Waals surface area contributed by atoms with Crippen LogP contribution in [0.15, 0.2) is 22.8 Å². The Labute approximate surface area is 150 Å². The number of carbonyl (C=O) groups is 1. The molecule has 6 heteroatoms. The highest BCUT2D eigenvalue weighted by atomic mass is 16.6. The molecule has 0 bridgehead atoms. The molecular weight excluding hydrogens is 320 g/mol. The van der Waals surface area contributed by atoms with Gasteiger partial charge in [0, 0.05) is 18.7 Å². The molecule has 1 amide bonds. The molecule has 6 nitrogen and oxygen atoms in total. The molecule has 0 spiro atoms. The maximum atomic E-state index is 11.8. The van der Waals surface area contributed by atoms with Gasteiger partial charge in [0.05, 0.1) is 6.26 Å². The van der Waals surface area contributed by atoms with Gasteiger partial charge in [-0.15, -0.1) is 0 Å². The second-order valence-corrected chi connectivity index (χ2v) is 7.63. The summed E-state index contributed by atoms with van der Waals surface area (Å²) in [6, 6.07) is 4.54. The Hall–Kier alpha value is -1.53. The van der Waals surface area contributed by atoms with Crippen molar-refractivity contribution in [2.75, 3.05) is 13.2 Å². The Morgan fingerprint density at radius 2 is 1.96 bits per heavy atom. The lowest BCUT2D eigenvalue weighted by molar-refractivity contribution is 0.0489. The molecule has 1 fully saturated rings. The zero-order chi connectivity index (χ0) is 18.1. The van der Waals surface area contributed by atoms with Gasteiger partial charge in [-0.2, -0.15) is 0 Å². The van der Waals surface area contributed by atoms with Crippen LogP contribution in [0.2, 0.25) is 0 Å². The van der Waals surface area contributed by atoms with Crippen molar-refractivity contribution in [3.8, 4) is 0 Å². The van der Waals surface area contributed by atoms with E-state index in [-0.39, 0.29) is 12.1 Å². The summed E-state index contributed by atoms with van der Waals surface area (Å²) in [6.45, 7) is 7.86. The summed E-state index contributed by atoms with van der Waals surface area (Å²) in [5.74, 6) is 0.865. The molecule has 1 aliphatic rings. The molecule has 0 aromatic carbocycles. The minimum Gasteiger partial charge on any atom is -0.467 e. The number of hydrogen-bond donors (Lipinski definition) is 2. The van der Waals surface area contributed by atoms with Crippen molar-refractivity contribution < 1.29 is 18.7 Å². The van der Waals surface area contributed by atoms with Crippen molar-refractivity contribution in [3.63, 3.8) is 0 Å². The van der Waals surface area contributed by atoms with E-state index in [0.29, 0.717) is 12.6 Å². The van der Waals surface area contributed by atoms with Crippen molar-refractivity contribution in [1.82, 2.24) is 10.6 Å². The van der Waals surface area contributed by atoms with Crippen LogP contribution in [-0.4, -0.2) is 36.9 Å². The Balaban J connectivity index is 1.48. The third-order valence-electron chi connectivity index (χ3n) is 4.17. The number of hydrogen-bond acceptors (Lipinski definition) is 5. The highest BCUT2D eigenvalue weighted by Crippen LogP contribution is 2.19. The number of alkyl carbamates (subject to hydrolysis) is 1. The summed E-state index contributed by atoms with van der Waals surface area (Å²) in [4.78, 5) is 11.8. The average molecular weight is 352 g/mol. The van der Waals surface area contributed by atoms with E-state index in [1.807, 2.05) is 32.9 Å². The highest BCUT2D eigenvalue weighted by molar-refractivity contribution is 5.68. The summed E-state index contributed by atoms with van der Waals surface area (Å²) in [7, 11) is 0. The Kier molecular flexibility index (Phi) is 7.78. The van der Waals surface area contributed by atoms with E-state index in [4.69, 9.17) is 13.9 Å². The van der Waals surface area contributed by atoms with Crippen LogP contribution >= 0.6 is 0 Å². The second kappa shape index (κ2) is 9.82. The van der Waals surface area contributed by atoms with E-state index in [2.05, 4.69) is 10.6 Å². The van der Waals surface area contributed by atoms with Gasteiger partial charge in [0.15, 0.2) is 0 Å². The molecule has 2 rings (SSSR count). The maximum absolute atomic E-state index is 11.8. The SMILES string of the molecule is CC(C)(C)OC(=O)NC1CCC(NCCCOCc2ccco2)CC1. The molecule has 1 aliphatic carbocycles. The summed E-state index contributed by atoms with van der Waals surface area (Å²) in [5.41, 5.74) is -0.443. The summed E-state index contributed by atoms with van der Waals surface area (Å²) < 4.78 is 16.1. The van der Waals surface area contributed by atoms with Gasteiger partial charge in [-0.05, 0) is 71.6 Å². The van der Waals surface area contributed by atoms with E-state index in [0.717, 1.165) is 51.0 Å². The second-order valence-electron chi connectivity index (χ2n) is 7.63. The number of nitrogens with one attached hydrogen (secondary N) is 2. The predicted molar refractivity (Wildman–Crippen MR) is 96.4 cm³/mol. The van der Waals surface area contributed by atoms with Crippen molar-refractivity contribution in [2.45, 2.75) is 77.2 Å². The van der Waals surface area contributed by atoms with E-state index in [1.54, 1.807) is 6.26 Å². The lowest BCUT2D eigenvalue weighted by atomic mass is 9.91. The molecule has 1 heterocycles. The van der Waals surface area contributed by atoms with Gasteiger partial charge in [-0.1, -0.05) is 0 Å². The zero-order valence-corrected chi connectivity index (χ0v) is 15.7. The van der Waals surface area contributed by atoms with Crippen LogP contribution in [0.4, 0.5) is 4.79 Å². The topological polar surface area (TPSA) is 72.7 Å². The van der Waals surface area contributed by atoms with Crippen molar-refractivity contribution in [1.29, 1.82) is 0 Å². The molecule has 142 valence electrons. The third-order valence-corrected chi connectivity index (χ3v) is 4.17. The first-order chi connectivity index (χ1) is 11.9. The number of furan rings is 1. The largest absolute Gasteiger partial charge is 0.467 e. The average Bonchev–Trinajstić information content (AvgIpc) is 3.04. The summed E-state index contributed by atoms with van der Waals surface area (Å²) in [6.07, 6.45) is 6.47. The minimum atomic E-state index is -0.443. The lowest BCUT2D eigenvalue weighted by Gasteiger charge is -2.30. The Morgan fingerprint density at radius 1 is 1.24 bits per heavy atom. The first kappa shape index (κ1) is 19.8. The number of ether oxygens (including phenoxy) is 2. The molecule has 0 radical (unpaired) electrons. The normalized spacial score (nSPS) is 21.1. The predicted octanol–water partition coefficient (Wildman–Crippen LogP) is 3.61. The van der Waals surface area contributed by atoms with Crippen LogP contribution in [0.3, 0.4) is 0 Å². The van der Waals surface area contributed by atoms with E-state index < -0.39 is 5.60 Å². The van der Waals surface area contributed by atoms with Crippen LogP contribution in [-0.2, 0) is 16.1 Å². The van der Waals surface area contributed by atoms with Gasteiger partial charge in [-0.25, -0.2) is 4.79 Å². The number of rotatable bonds is 8. The number of amides is 1. The molecule has 1 aromatic heterocycles. The van der Waals surface area contributed by atoms with Gasteiger partial charge in [-0.3, -0.25) is 0 Å². The molecular formula is C19H32N2O4. The standard InChI is InChI=1S/C19H32N2O4/c1-19(2,3)25-18(22)21-16-9-7-15(8-10-16)20-11-5-12-23-14-17-6-4-13-24-17/h4,6,13,15-16,20H,5,7-12,14H2,1-3H3,(H,21,22). The van der Waals surface area contributed by atoms with Crippen molar-refractivity contribution >= 4 is 6.09 Å². The molecule has 0 unspecified atom stereocenters. The molecule has 2 N–H and O–H groups in total. The van der Waals surface area contributed by atoms with Crippen LogP contribution in [0.25, 0.3) is 0 Å². The molecule has 0 saturated heterocycles. The molecule has 1 aromatic rings. The zero-order valence-electron chi connectivity index (χ0n) is 15.7. The van der Waals surface area contributed by atoms with Gasteiger partial charge < -0.3 is 24.5 Å². The van der Waals surface area contributed by atoms with Crippen LogP contribution in [0.5, 0.6) is 0 Å². The number of carbonyl (C=O) groups excluding carboxylic acids is 1. The molecule has 0 atom stereocenters.